The van der Waals surface area contributed by atoms with Crippen molar-refractivity contribution in [1.29, 1.82) is 5.41 Å². The number of aliphatic hydroxyl groups is 3. The third kappa shape index (κ3) is 2.67. The van der Waals surface area contributed by atoms with E-state index in [0.717, 1.165) is 0 Å². The zero-order valence-corrected chi connectivity index (χ0v) is 8.46. The predicted molar refractivity (Wildman–Crippen MR) is 52.7 cm³/mol. The summed E-state index contributed by atoms with van der Waals surface area (Å²) in [5.41, 5.74) is 5.03. The van der Waals surface area contributed by atoms with Crippen LogP contribution in [0.5, 0.6) is 0 Å². The fourth-order valence-electron chi connectivity index (χ4n) is 1.40. The minimum atomic E-state index is -1.40. The Bertz CT molecular complexity index is 285. The van der Waals surface area contributed by atoms with Gasteiger partial charge in [0.15, 0.2) is 6.10 Å². The first kappa shape index (κ1) is 12.8. The highest BCUT2D eigenvalue weighted by Gasteiger charge is 2.45. The number of aliphatic hydroxyl groups excluding tert-OH is 3. The SMILES string of the molecule is N=C(N)CNC(=O)C1O[C@H](CO)[C@@H](O)[C@H]1O. The van der Waals surface area contributed by atoms with Crippen molar-refractivity contribution in [2.75, 3.05) is 13.2 Å². The molecule has 0 radical (unpaired) electrons. The van der Waals surface area contributed by atoms with Gasteiger partial charge in [0.1, 0.15) is 24.1 Å². The van der Waals surface area contributed by atoms with E-state index in [9.17, 15) is 15.0 Å². The van der Waals surface area contributed by atoms with E-state index in [1.807, 2.05) is 0 Å². The summed E-state index contributed by atoms with van der Waals surface area (Å²) in [6.45, 7) is -0.653. The predicted octanol–water partition coefficient (Wildman–Crippen LogP) is -3.48. The van der Waals surface area contributed by atoms with Crippen molar-refractivity contribution in [2.45, 2.75) is 24.4 Å². The Morgan fingerprint density at radius 2 is 2.06 bits per heavy atom. The van der Waals surface area contributed by atoms with E-state index in [2.05, 4.69) is 5.32 Å². The van der Waals surface area contributed by atoms with Gasteiger partial charge < -0.3 is 31.1 Å². The molecule has 8 nitrogen and oxygen atoms in total. The van der Waals surface area contributed by atoms with Crippen LogP contribution in [-0.2, 0) is 9.53 Å². The summed E-state index contributed by atoms with van der Waals surface area (Å²) >= 11 is 0. The van der Waals surface area contributed by atoms with Gasteiger partial charge >= 0.3 is 0 Å². The van der Waals surface area contributed by atoms with E-state index < -0.39 is 36.9 Å². The molecule has 0 bridgehead atoms. The Balaban J connectivity index is 2.54. The van der Waals surface area contributed by atoms with Crippen LogP contribution in [0.4, 0.5) is 0 Å². The van der Waals surface area contributed by atoms with Gasteiger partial charge in [-0.1, -0.05) is 0 Å². The molecular weight excluding hydrogens is 218 g/mol. The standard InChI is InChI=1S/C8H15N3O5/c9-4(10)1-11-8(15)7-6(14)5(13)3(2-12)16-7/h3,5-7,12-14H,1-2H2,(H3,9,10)(H,11,15)/t3-,5-,6-,7?/m1/s1. The normalized spacial score (nSPS) is 33.7. The van der Waals surface area contributed by atoms with Crippen molar-refractivity contribution in [1.82, 2.24) is 5.32 Å². The lowest BCUT2D eigenvalue weighted by Gasteiger charge is -2.13. The van der Waals surface area contributed by atoms with Crippen molar-refractivity contribution in [3.8, 4) is 0 Å². The highest BCUT2D eigenvalue weighted by Crippen LogP contribution is 2.20. The Morgan fingerprint density at radius 3 is 2.50 bits per heavy atom. The second kappa shape index (κ2) is 5.21. The summed E-state index contributed by atoms with van der Waals surface area (Å²) in [5, 5.41) is 36.8. The van der Waals surface area contributed by atoms with E-state index in [-0.39, 0.29) is 12.4 Å². The van der Waals surface area contributed by atoms with Gasteiger partial charge in [-0.3, -0.25) is 10.2 Å². The number of carbonyl (C=O) groups excluding carboxylic acids is 1. The number of hydrogen-bond acceptors (Lipinski definition) is 6. The van der Waals surface area contributed by atoms with Gasteiger partial charge in [0.2, 0.25) is 0 Å². The molecule has 8 heteroatoms. The Morgan fingerprint density at radius 1 is 1.44 bits per heavy atom. The molecule has 0 aromatic heterocycles. The molecule has 1 aliphatic heterocycles. The summed E-state index contributed by atoms with van der Waals surface area (Å²) in [6, 6.07) is 0. The topological polar surface area (TPSA) is 149 Å². The maximum Gasteiger partial charge on any atom is 0.252 e. The van der Waals surface area contributed by atoms with Crippen LogP contribution in [-0.4, -0.2) is 64.6 Å². The van der Waals surface area contributed by atoms with Gasteiger partial charge in [0.05, 0.1) is 13.2 Å². The van der Waals surface area contributed by atoms with Crippen LogP contribution < -0.4 is 11.1 Å². The Kier molecular flexibility index (Phi) is 4.19. The van der Waals surface area contributed by atoms with Crippen molar-refractivity contribution in [3.63, 3.8) is 0 Å². The summed E-state index contributed by atoms with van der Waals surface area (Å²) in [4.78, 5) is 11.4. The fourth-order valence-corrected chi connectivity index (χ4v) is 1.40. The van der Waals surface area contributed by atoms with E-state index in [0.29, 0.717) is 0 Å². The summed E-state index contributed by atoms with van der Waals surface area (Å²) in [5.74, 6) is -0.919. The van der Waals surface area contributed by atoms with Crippen LogP contribution in [0.25, 0.3) is 0 Å². The third-order valence-electron chi connectivity index (χ3n) is 2.25. The van der Waals surface area contributed by atoms with E-state index in [1.165, 1.54) is 0 Å². The molecule has 0 spiro atoms. The average Bonchev–Trinajstić information content (AvgIpc) is 2.52. The zero-order chi connectivity index (χ0) is 12.3. The molecule has 1 heterocycles. The lowest BCUT2D eigenvalue weighted by molar-refractivity contribution is -0.136. The van der Waals surface area contributed by atoms with Gasteiger partial charge in [-0.05, 0) is 0 Å². The zero-order valence-electron chi connectivity index (χ0n) is 8.46. The third-order valence-corrected chi connectivity index (χ3v) is 2.25. The molecule has 1 fully saturated rings. The number of nitrogens with two attached hydrogens (primary N) is 1. The van der Waals surface area contributed by atoms with Crippen LogP contribution in [0.1, 0.15) is 0 Å². The molecule has 1 aliphatic rings. The minimum absolute atomic E-state index is 0.161. The molecule has 0 aliphatic carbocycles. The molecule has 1 saturated heterocycles. The maximum atomic E-state index is 11.4. The number of rotatable bonds is 4. The molecule has 0 aromatic carbocycles. The summed E-state index contributed by atoms with van der Waals surface area (Å²) in [6.07, 6.45) is -4.95. The first-order valence-corrected chi connectivity index (χ1v) is 4.70. The second-order valence-electron chi connectivity index (χ2n) is 3.50. The molecule has 0 saturated carbocycles. The number of carbonyl (C=O) groups is 1. The molecule has 1 amide bonds. The summed E-state index contributed by atoms with van der Waals surface area (Å²) in [7, 11) is 0. The van der Waals surface area contributed by atoms with Crippen LogP contribution in [0.3, 0.4) is 0 Å². The van der Waals surface area contributed by atoms with Crippen LogP contribution in [0, 0.1) is 5.41 Å². The molecule has 0 aromatic rings. The molecule has 1 rings (SSSR count). The molecule has 7 N–H and O–H groups in total. The lowest BCUT2D eigenvalue weighted by atomic mass is 10.1. The monoisotopic (exact) mass is 233 g/mol. The molecular formula is C8H15N3O5. The van der Waals surface area contributed by atoms with E-state index in [1.54, 1.807) is 0 Å². The molecule has 16 heavy (non-hydrogen) atoms. The van der Waals surface area contributed by atoms with Gasteiger partial charge in [-0.15, -0.1) is 0 Å². The van der Waals surface area contributed by atoms with E-state index >= 15 is 0 Å². The number of ether oxygens (including phenoxy) is 1. The average molecular weight is 233 g/mol. The fraction of sp³-hybridized carbons (Fsp3) is 0.750. The van der Waals surface area contributed by atoms with Crippen molar-refractivity contribution >= 4 is 11.7 Å². The smallest absolute Gasteiger partial charge is 0.252 e. The van der Waals surface area contributed by atoms with Gasteiger partial charge in [0, 0.05) is 0 Å². The van der Waals surface area contributed by atoms with Gasteiger partial charge in [0.25, 0.3) is 5.91 Å². The number of amides is 1. The number of hydrogen-bond donors (Lipinski definition) is 6. The van der Waals surface area contributed by atoms with Gasteiger partial charge in [-0.2, -0.15) is 0 Å². The molecule has 1 unspecified atom stereocenters. The quantitative estimate of drug-likeness (QED) is 0.219. The van der Waals surface area contributed by atoms with Crippen LogP contribution in [0.2, 0.25) is 0 Å². The molecule has 4 atom stereocenters. The number of amidine groups is 1. The van der Waals surface area contributed by atoms with E-state index in [4.69, 9.17) is 21.0 Å². The Labute approximate surface area is 91.5 Å². The van der Waals surface area contributed by atoms with Gasteiger partial charge in [-0.25, -0.2) is 0 Å². The second-order valence-corrected chi connectivity index (χ2v) is 3.50. The lowest BCUT2D eigenvalue weighted by Crippen LogP contribution is -2.45. The molecule has 92 valence electrons. The maximum absolute atomic E-state index is 11.4. The first-order valence-electron chi connectivity index (χ1n) is 4.70. The highest BCUT2D eigenvalue weighted by molar-refractivity contribution is 5.87. The van der Waals surface area contributed by atoms with Crippen molar-refractivity contribution in [2.24, 2.45) is 5.73 Å². The van der Waals surface area contributed by atoms with Crippen molar-refractivity contribution < 1.29 is 24.9 Å². The Hall–Kier alpha value is -1.22. The minimum Gasteiger partial charge on any atom is -0.394 e. The summed E-state index contributed by atoms with van der Waals surface area (Å²) < 4.78 is 4.96. The van der Waals surface area contributed by atoms with Crippen LogP contribution >= 0.6 is 0 Å². The first-order chi connectivity index (χ1) is 7.47. The van der Waals surface area contributed by atoms with Crippen LogP contribution in [0.15, 0.2) is 0 Å². The van der Waals surface area contributed by atoms with Crippen molar-refractivity contribution in [3.05, 3.63) is 0 Å². The number of nitrogens with one attached hydrogen (secondary N) is 2. The highest BCUT2D eigenvalue weighted by atomic mass is 16.6. The largest absolute Gasteiger partial charge is 0.394 e.